The molecule has 46 heavy (non-hydrogen) atoms. The number of carbonyl (C=O) groups excluding carboxylic acids is 3. The molecule has 0 unspecified atom stereocenters. The van der Waals surface area contributed by atoms with E-state index >= 15 is 0 Å². The van der Waals surface area contributed by atoms with Gasteiger partial charge in [-0.05, 0) is 76.1 Å². The standard InChI is InChI=1S/C38H39NO7/c1-18(2)29-27-17-21-16-26-25(24-12-11-20(15-19-7-3-4-8-19)22-9-5-6-10-23(22)24)13-14-28(40)31(26)34(42)30(21)35(43)38(27,46)36(44)32(33(29)41)37(39)45/h5-6,9-14,18-19,21,27,29,40,42,44,46H,3-4,7-8,15-17H2,1-2H3,(H2,39,45)/t21-,27-,29-,38-/m0/s1. The second kappa shape index (κ2) is 10.8. The second-order valence-electron chi connectivity index (χ2n) is 14.0. The van der Waals surface area contributed by atoms with E-state index in [9.17, 15) is 34.8 Å². The van der Waals surface area contributed by atoms with Gasteiger partial charge in [-0.1, -0.05) is 82.0 Å². The van der Waals surface area contributed by atoms with Gasteiger partial charge in [0.05, 0.1) is 5.56 Å². The fraction of sp³-hybridized carbons (Fsp3) is 0.395. The number of phenols is 1. The summed E-state index contributed by atoms with van der Waals surface area (Å²) in [5.74, 6) is -7.01. The van der Waals surface area contributed by atoms with Crippen molar-refractivity contribution < 1.29 is 34.8 Å². The number of fused-ring (bicyclic) bond motifs is 4. The molecule has 3 aromatic rings. The smallest absolute Gasteiger partial charge is 0.255 e. The molecule has 2 saturated carbocycles. The van der Waals surface area contributed by atoms with Crippen LogP contribution in [0.1, 0.15) is 62.6 Å². The Kier molecular flexibility index (Phi) is 7.12. The first-order valence-electron chi connectivity index (χ1n) is 16.3. The van der Waals surface area contributed by atoms with Crippen LogP contribution in [0.2, 0.25) is 0 Å². The Balaban J connectivity index is 1.39. The molecule has 3 aromatic carbocycles. The highest BCUT2D eigenvalue weighted by molar-refractivity contribution is 6.23. The van der Waals surface area contributed by atoms with Crippen LogP contribution in [0.25, 0.3) is 27.7 Å². The van der Waals surface area contributed by atoms with Crippen LogP contribution in [-0.2, 0) is 27.2 Å². The summed E-state index contributed by atoms with van der Waals surface area (Å²) in [6.45, 7) is 3.51. The Morgan fingerprint density at radius 3 is 2.30 bits per heavy atom. The molecule has 7 rings (SSSR count). The van der Waals surface area contributed by atoms with Crippen molar-refractivity contribution in [2.24, 2.45) is 35.3 Å². The quantitative estimate of drug-likeness (QED) is 0.223. The van der Waals surface area contributed by atoms with Gasteiger partial charge in [0.15, 0.2) is 11.4 Å². The molecule has 8 heteroatoms. The number of benzene rings is 3. The zero-order valence-electron chi connectivity index (χ0n) is 26.0. The van der Waals surface area contributed by atoms with Gasteiger partial charge in [-0.3, -0.25) is 14.4 Å². The molecule has 1 amide bonds. The molecule has 4 aliphatic carbocycles. The van der Waals surface area contributed by atoms with Crippen molar-refractivity contribution in [3.8, 4) is 16.9 Å². The van der Waals surface area contributed by atoms with Crippen LogP contribution >= 0.6 is 0 Å². The number of aromatic hydroxyl groups is 1. The fourth-order valence-electron chi connectivity index (χ4n) is 9.04. The maximum Gasteiger partial charge on any atom is 0.255 e. The van der Waals surface area contributed by atoms with Crippen LogP contribution in [0, 0.1) is 29.6 Å². The van der Waals surface area contributed by atoms with E-state index in [0.717, 1.165) is 28.3 Å². The van der Waals surface area contributed by atoms with Crippen LogP contribution in [0.15, 0.2) is 65.4 Å². The summed E-state index contributed by atoms with van der Waals surface area (Å²) in [5, 5.41) is 48.0. The maximum atomic E-state index is 14.2. The Morgan fingerprint density at radius 1 is 0.957 bits per heavy atom. The number of hydrogen-bond donors (Lipinski definition) is 5. The van der Waals surface area contributed by atoms with E-state index < -0.39 is 57.9 Å². The minimum Gasteiger partial charge on any atom is -0.508 e. The monoisotopic (exact) mass is 621 g/mol. The molecule has 238 valence electrons. The molecule has 4 aliphatic rings. The molecule has 8 nitrogen and oxygen atoms in total. The van der Waals surface area contributed by atoms with Crippen LogP contribution in [0.5, 0.6) is 5.75 Å². The molecule has 0 bridgehead atoms. The zero-order chi connectivity index (χ0) is 32.7. The number of aliphatic hydroxyl groups is 3. The third-order valence-corrected chi connectivity index (χ3v) is 11.1. The first-order chi connectivity index (χ1) is 21.9. The highest BCUT2D eigenvalue weighted by atomic mass is 16.3. The predicted octanol–water partition coefficient (Wildman–Crippen LogP) is 5.86. The Bertz CT molecular complexity index is 1900. The summed E-state index contributed by atoms with van der Waals surface area (Å²) < 4.78 is 0. The normalized spacial score (nSPS) is 26.5. The van der Waals surface area contributed by atoms with E-state index in [2.05, 4.69) is 24.3 Å². The lowest BCUT2D eigenvalue weighted by atomic mass is 9.54. The Hall–Kier alpha value is -4.43. The van der Waals surface area contributed by atoms with E-state index in [0.29, 0.717) is 11.5 Å². The summed E-state index contributed by atoms with van der Waals surface area (Å²) in [7, 11) is 0. The molecule has 0 heterocycles. The first kappa shape index (κ1) is 30.2. The highest BCUT2D eigenvalue weighted by Crippen LogP contribution is 2.55. The number of carbonyl (C=O) groups is 3. The highest BCUT2D eigenvalue weighted by Gasteiger charge is 2.64. The van der Waals surface area contributed by atoms with E-state index in [4.69, 9.17) is 5.73 Å². The van der Waals surface area contributed by atoms with Gasteiger partial charge in [-0.15, -0.1) is 0 Å². The van der Waals surface area contributed by atoms with Crippen LogP contribution in [-0.4, -0.2) is 43.5 Å². The number of nitrogens with two attached hydrogens (primary N) is 1. The van der Waals surface area contributed by atoms with Crippen molar-refractivity contribution >= 4 is 34.0 Å². The number of ketones is 2. The molecule has 6 N–H and O–H groups in total. The van der Waals surface area contributed by atoms with Crippen molar-refractivity contribution in [1.82, 2.24) is 0 Å². The number of phenolic OH excluding ortho intramolecular Hbond substituents is 1. The third-order valence-electron chi connectivity index (χ3n) is 11.1. The van der Waals surface area contributed by atoms with Crippen LogP contribution in [0.4, 0.5) is 0 Å². The topological polar surface area (TPSA) is 158 Å². The molecule has 0 spiro atoms. The molecule has 0 aromatic heterocycles. The van der Waals surface area contributed by atoms with Crippen molar-refractivity contribution in [3.63, 3.8) is 0 Å². The van der Waals surface area contributed by atoms with Gasteiger partial charge >= 0.3 is 0 Å². The predicted molar refractivity (Wildman–Crippen MR) is 174 cm³/mol. The number of Topliss-reactive ketones (excluding diaryl/α,β-unsaturated/α-hetero) is 2. The van der Waals surface area contributed by atoms with Crippen molar-refractivity contribution in [2.45, 2.75) is 64.4 Å². The number of aliphatic hydroxyl groups excluding tert-OH is 2. The molecule has 4 atom stereocenters. The van der Waals surface area contributed by atoms with Gasteiger partial charge < -0.3 is 26.2 Å². The summed E-state index contributed by atoms with van der Waals surface area (Å²) in [6.07, 6.45) is 6.39. The van der Waals surface area contributed by atoms with Crippen molar-refractivity contribution in [1.29, 1.82) is 0 Å². The zero-order valence-corrected chi connectivity index (χ0v) is 26.0. The lowest BCUT2D eigenvalue weighted by molar-refractivity contribution is -0.155. The van der Waals surface area contributed by atoms with E-state index in [1.54, 1.807) is 13.8 Å². The summed E-state index contributed by atoms with van der Waals surface area (Å²) >= 11 is 0. The van der Waals surface area contributed by atoms with Gasteiger partial charge in [0.25, 0.3) is 5.91 Å². The van der Waals surface area contributed by atoms with Gasteiger partial charge in [0.2, 0.25) is 5.78 Å². The van der Waals surface area contributed by atoms with Crippen LogP contribution < -0.4 is 5.73 Å². The van der Waals surface area contributed by atoms with Crippen LogP contribution in [0.3, 0.4) is 0 Å². The average molecular weight is 622 g/mol. The van der Waals surface area contributed by atoms with Crippen molar-refractivity contribution in [3.05, 3.63) is 82.1 Å². The van der Waals surface area contributed by atoms with Gasteiger partial charge in [-0.2, -0.15) is 0 Å². The summed E-state index contributed by atoms with van der Waals surface area (Å²) in [5.41, 5.74) is 5.72. The molecule has 0 radical (unpaired) electrons. The number of amides is 1. The average Bonchev–Trinajstić information content (AvgIpc) is 3.52. The third kappa shape index (κ3) is 4.26. The van der Waals surface area contributed by atoms with Gasteiger partial charge in [-0.25, -0.2) is 0 Å². The number of primary amides is 1. The van der Waals surface area contributed by atoms with Gasteiger partial charge in [0, 0.05) is 17.4 Å². The summed E-state index contributed by atoms with van der Waals surface area (Å²) in [6, 6.07) is 15.9. The molecule has 0 saturated heterocycles. The molecule has 0 aliphatic heterocycles. The number of rotatable bonds is 5. The maximum absolute atomic E-state index is 14.2. The summed E-state index contributed by atoms with van der Waals surface area (Å²) in [4.78, 5) is 39.9. The van der Waals surface area contributed by atoms with E-state index in [-0.39, 0.29) is 35.6 Å². The second-order valence-corrected chi connectivity index (χ2v) is 14.0. The Morgan fingerprint density at radius 2 is 1.63 bits per heavy atom. The van der Waals surface area contributed by atoms with Crippen molar-refractivity contribution in [2.75, 3.05) is 0 Å². The fourth-order valence-corrected chi connectivity index (χ4v) is 9.04. The van der Waals surface area contributed by atoms with E-state index in [1.807, 2.05) is 18.2 Å². The number of hydrogen-bond acceptors (Lipinski definition) is 7. The molecular formula is C38H39NO7. The Labute approximate surface area is 267 Å². The lowest BCUT2D eigenvalue weighted by Crippen LogP contribution is -2.62. The van der Waals surface area contributed by atoms with E-state index in [1.165, 1.54) is 37.3 Å². The molecular weight excluding hydrogens is 582 g/mol. The SMILES string of the molecule is CC(C)[C@@H]1C(=O)C(C(N)=O)=C(O)[C@@]2(O)C(=O)C3=C(O)c4c(O)ccc(-c5ccc(CC6CCCC6)c6ccccc56)c4C[C@H]3C[C@@H]12. The van der Waals surface area contributed by atoms with Gasteiger partial charge in [0.1, 0.15) is 22.8 Å². The largest absolute Gasteiger partial charge is 0.508 e. The molecule has 2 fully saturated rings. The minimum atomic E-state index is -2.62. The first-order valence-corrected chi connectivity index (χ1v) is 16.3. The lowest BCUT2D eigenvalue weighted by Gasteiger charge is -2.50. The minimum absolute atomic E-state index is 0.0853.